The van der Waals surface area contributed by atoms with Crippen LogP contribution in [0, 0.1) is 12.8 Å². The SMILES string of the molecule is Cc1cc(NC(CN)C2CC2)nc(C(C)C)n1. The first-order valence-corrected chi connectivity index (χ1v) is 6.42. The molecule has 0 spiro atoms. The molecule has 3 N–H and O–H groups in total. The maximum Gasteiger partial charge on any atom is 0.133 e. The standard InChI is InChI=1S/C13H22N4/c1-8(2)13-15-9(3)6-12(17-13)16-11(7-14)10-4-5-10/h6,8,10-11H,4-5,7,14H2,1-3H3,(H,15,16,17). The highest BCUT2D eigenvalue weighted by atomic mass is 15.1. The quantitative estimate of drug-likeness (QED) is 0.818. The first kappa shape index (κ1) is 12.3. The maximum absolute atomic E-state index is 5.79. The van der Waals surface area contributed by atoms with E-state index < -0.39 is 0 Å². The van der Waals surface area contributed by atoms with Gasteiger partial charge in [-0.25, -0.2) is 9.97 Å². The van der Waals surface area contributed by atoms with Crippen molar-refractivity contribution in [3.05, 3.63) is 17.6 Å². The van der Waals surface area contributed by atoms with Crippen LogP contribution in [-0.2, 0) is 0 Å². The summed E-state index contributed by atoms with van der Waals surface area (Å²) in [5.74, 6) is 2.91. The third kappa shape index (κ3) is 3.16. The predicted octanol–water partition coefficient (Wildman–Crippen LogP) is 2.06. The highest BCUT2D eigenvalue weighted by Crippen LogP contribution is 2.33. The van der Waals surface area contributed by atoms with Gasteiger partial charge in [0.15, 0.2) is 0 Å². The lowest BCUT2D eigenvalue weighted by Gasteiger charge is -2.18. The van der Waals surface area contributed by atoms with Crippen molar-refractivity contribution in [2.45, 2.75) is 45.6 Å². The number of hydrogen-bond acceptors (Lipinski definition) is 4. The summed E-state index contributed by atoms with van der Waals surface area (Å²) < 4.78 is 0. The molecule has 0 bridgehead atoms. The fourth-order valence-corrected chi connectivity index (χ4v) is 1.98. The lowest BCUT2D eigenvalue weighted by atomic mass is 10.2. The average molecular weight is 234 g/mol. The van der Waals surface area contributed by atoms with Gasteiger partial charge in [0, 0.05) is 30.3 Å². The largest absolute Gasteiger partial charge is 0.366 e. The van der Waals surface area contributed by atoms with Gasteiger partial charge in [-0.05, 0) is 25.7 Å². The second-order valence-corrected chi connectivity index (χ2v) is 5.23. The van der Waals surface area contributed by atoms with Gasteiger partial charge >= 0.3 is 0 Å². The molecule has 0 aliphatic heterocycles. The third-order valence-electron chi connectivity index (χ3n) is 3.17. The van der Waals surface area contributed by atoms with Crippen molar-refractivity contribution in [3.63, 3.8) is 0 Å². The predicted molar refractivity (Wildman–Crippen MR) is 70.0 cm³/mol. The molecule has 17 heavy (non-hydrogen) atoms. The Kier molecular flexibility index (Phi) is 3.62. The second kappa shape index (κ2) is 5.00. The smallest absolute Gasteiger partial charge is 0.133 e. The van der Waals surface area contributed by atoms with Crippen molar-refractivity contribution >= 4 is 5.82 Å². The van der Waals surface area contributed by atoms with Crippen molar-refractivity contribution in [1.29, 1.82) is 0 Å². The van der Waals surface area contributed by atoms with E-state index >= 15 is 0 Å². The number of nitrogens with two attached hydrogens (primary N) is 1. The summed E-state index contributed by atoms with van der Waals surface area (Å²) in [6, 6.07) is 2.36. The van der Waals surface area contributed by atoms with E-state index in [9.17, 15) is 0 Å². The van der Waals surface area contributed by atoms with Crippen LogP contribution in [0.2, 0.25) is 0 Å². The van der Waals surface area contributed by atoms with Crippen LogP contribution in [0.1, 0.15) is 44.1 Å². The van der Waals surface area contributed by atoms with E-state index in [0.29, 0.717) is 18.5 Å². The van der Waals surface area contributed by atoms with Gasteiger partial charge in [-0.15, -0.1) is 0 Å². The van der Waals surface area contributed by atoms with E-state index in [4.69, 9.17) is 5.73 Å². The molecule has 0 aromatic carbocycles. The van der Waals surface area contributed by atoms with Gasteiger partial charge < -0.3 is 11.1 Å². The molecule has 2 rings (SSSR count). The van der Waals surface area contributed by atoms with Crippen LogP contribution in [0.4, 0.5) is 5.82 Å². The minimum Gasteiger partial charge on any atom is -0.366 e. The molecule has 1 atom stereocenters. The van der Waals surface area contributed by atoms with Gasteiger partial charge in [0.25, 0.3) is 0 Å². The number of aromatic nitrogens is 2. The van der Waals surface area contributed by atoms with Crippen molar-refractivity contribution in [2.24, 2.45) is 11.7 Å². The summed E-state index contributed by atoms with van der Waals surface area (Å²) in [5.41, 5.74) is 6.80. The lowest BCUT2D eigenvalue weighted by molar-refractivity contribution is 0.639. The molecule has 0 amide bonds. The summed E-state index contributed by atoms with van der Waals surface area (Å²) in [6.45, 7) is 6.90. The fraction of sp³-hybridized carbons (Fsp3) is 0.692. The Hall–Kier alpha value is -1.16. The Morgan fingerprint density at radius 2 is 2.12 bits per heavy atom. The summed E-state index contributed by atoms with van der Waals surface area (Å²) >= 11 is 0. The van der Waals surface area contributed by atoms with E-state index in [1.165, 1.54) is 12.8 Å². The second-order valence-electron chi connectivity index (χ2n) is 5.23. The van der Waals surface area contributed by atoms with Crippen LogP contribution in [0.3, 0.4) is 0 Å². The van der Waals surface area contributed by atoms with E-state index in [1.807, 2.05) is 13.0 Å². The molecule has 1 aromatic rings. The lowest BCUT2D eigenvalue weighted by Crippen LogP contribution is -2.31. The fourth-order valence-electron chi connectivity index (χ4n) is 1.98. The van der Waals surface area contributed by atoms with Gasteiger partial charge in [-0.3, -0.25) is 0 Å². The van der Waals surface area contributed by atoms with Crippen molar-refractivity contribution in [3.8, 4) is 0 Å². The highest BCUT2D eigenvalue weighted by molar-refractivity contribution is 5.38. The van der Waals surface area contributed by atoms with E-state index in [1.54, 1.807) is 0 Å². The van der Waals surface area contributed by atoms with Crippen molar-refractivity contribution in [1.82, 2.24) is 9.97 Å². The van der Waals surface area contributed by atoms with Gasteiger partial charge in [0.2, 0.25) is 0 Å². The maximum atomic E-state index is 5.79. The number of nitrogens with one attached hydrogen (secondary N) is 1. The molecule has 0 radical (unpaired) electrons. The number of aryl methyl sites for hydroxylation is 1. The minimum absolute atomic E-state index is 0.354. The van der Waals surface area contributed by atoms with Crippen LogP contribution in [0.15, 0.2) is 6.07 Å². The summed E-state index contributed by atoms with van der Waals surface area (Å²) in [4.78, 5) is 9.00. The molecule has 1 fully saturated rings. The van der Waals surface area contributed by atoms with Crippen molar-refractivity contribution in [2.75, 3.05) is 11.9 Å². The first-order valence-electron chi connectivity index (χ1n) is 6.42. The van der Waals surface area contributed by atoms with Gasteiger partial charge in [-0.2, -0.15) is 0 Å². The molecule has 1 unspecified atom stereocenters. The number of rotatable bonds is 5. The summed E-state index contributed by atoms with van der Waals surface area (Å²) in [5, 5.41) is 3.45. The van der Waals surface area contributed by atoms with Crippen LogP contribution in [-0.4, -0.2) is 22.6 Å². The monoisotopic (exact) mass is 234 g/mol. The third-order valence-corrected chi connectivity index (χ3v) is 3.17. The van der Waals surface area contributed by atoms with Crippen LogP contribution in [0.5, 0.6) is 0 Å². The van der Waals surface area contributed by atoms with Crippen LogP contribution < -0.4 is 11.1 Å². The Bertz CT molecular complexity index is 385. The molecular formula is C13H22N4. The molecule has 1 aromatic heterocycles. The number of hydrogen-bond donors (Lipinski definition) is 2. The topological polar surface area (TPSA) is 63.8 Å². The molecule has 94 valence electrons. The Labute approximate surface area is 103 Å². The molecule has 4 nitrogen and oxygen atoms in total. The Balaban J connectivity index is 2.13. The van der Waals surface area contributed by atoms with E-state index in [0.717, 1.165) is 23.3 Å². The normalized spacial score (nSPS) is 17.2. The van der Waals surface area contributed by atoms with Crippen LogP contribution >= 0.6 is 0 Å². The van der Waals surface area contributed by atoms with E-state index in [-0.39, 0.29) is 0 Å². The van der Waals surface area contributed by atoms with Gasteiger partial charge in [-0.1, -0.05) is 13.8 Å². The highest BCUT2D eigenvalue weighted by Gasteiger charge is 2.30. The molecule has 0 saturated heterocycles. The Morgan fingerprint density at radius 1 is 1.41 bits per heavy atom. The molecule has 4 heteroatoms. The molecule has 1 heterocycles. The minimum atomic E-state index is 0.354. The molecule has 1 aliphatic rings. The molecular weight excluding hydrogens is 212 g/mol. The first-order chi connectivity index (χ1) is 8.10. The number of nitrogens with zero attached hydrogens (tertiary/aromatic N) is 2. The Morgan fingerprint density at radius 3 is 2.65 bits per heavy atom. The zero-order chi connectivity index (χ0) is 12.4. The zero-order valence-corrected chi connectivity index (χ0v) is 10.9. The average Bonchev–Trinajstić information content (AvgIpc) is 3.09. The van der Waals surface area contributed by atoms with E-state index in [2.05, 4.69) is 29.1 Å². The number of anilines is 1. The zero-order valence-electron chi connectivity index (χ0n) is 10.9. The summed E-state index contributed by atoms with van der Waals surface area (Å²) in [6.07, 6.45) is 2.58. The molecule has 1 aliphatic carbocycles. The van der Waals surface area contributed by atoms with Gasteiger partial charge in [0.1, 0.15) is 11.6 Å². The summed E-state index contributed by atoms with van der Waals surface area (Å²) in [7, 11) is 0. The van der Waals surface area contributed by atoms with Gasteiger partial charge in [0.05, 0.1) is 0 Å². The molecule has 1 saturated carbocycles. The van der Waals surface area contributed by atoms with Crippen molar-refractivity contribution < 1.29 is 0 Å². The van der Waals surface area contributed by atoms with Crippen LogP contribution in [0.25, 0.3) is 0 Å².